The lowest BCUT2D eigenvalue weighted by molar-refractivity contribution is 0.0820. The summed E-state index contributed by atoms with van der Waals surface area (Å²) in [4.78, 5) is 15.3. The summed E-state index contributed by atoms with van der Waals surface area (Å²) < 4.78 is 5.59. The van der Waals surface area contributed by atoms with E-state index in [1.807, 2.05) is 18.2 Å². The first-order valence-corrected chi connectivity index (χ1v) is 8.29. The summed E-state index contributed by atoms with van der Waals surface area (Å²) in [5, 5.41) is 6.70. The van der Waals surface area contributed by atoms with Crippen molar-refractivity contribution in [3.63, 3.8) is 0 Å². The lowest BCUT2D eigenvalue weighted by Crippen LogP contribution is -2.42. The number of hydrogen-bond donors (Lipinski definition) is 2. The Morgan fingerprint density at radius 3 is 3.09 bits per heavy atom. The van der Waals surface area contributed by atoms with Gasteiger partial charge < -0.3 is 15.4 Å². The van der Waals surface area contributed by atoms with Crippen LogP contribution in [0.1, 0.15) is 30.1 Å². The second-order valence-electron chi connectivity index (χ2n) is 5.91. The molecule has 3 rings (SSSR count). The number of anilines is 1. The fourth-order valence-electron chi connectivity index (χ4n) is 3.27. The van der Waals surface area contributed by atoms with Crippen molar-refractivity contribution in [2.45, 2.75) is 25.8 Å². The Hall–Kier alpha value is -1.59. The van der Waals surface area contributed by atoms with Crippen molar-refractivity contribution in [3.8, 4) is 5.75 Å². The summed E-state index contributed by atoms with van der Waals surface area (Å²) in [5.74, 6) is 1.06. The quantitative estimate of drug-likeness (QED) is 0.830. The van der Waals surface area contributed by atoms with Gasteiger partial charge in [0.1, 0.15) is 12.4 Å². The van der Waals surface area contributed by atoms with Crippen LogP contribution in [0.2, 0.25) is 0 Å². The molecule has 0 aliphatic carbocycles. The van der Waals surface area contributed by atoms with E-state index < -0.39 is 0 Å². The standard InChI is InChI=1S/C17H25N3O2/c1-2-15(20-9-3-6-18-7-10-20)17(21)13-4-5-16-14(12-13)19-8-11-22-16/h4-5,12,15,18-19H,2-3,6-11H2,1H3. The molecule has 1 unspecified atom stereocenters. The monoisotopic (exact) mass is 303 g/mol. The molecule has 5 heteroatoms. The normalized spacial score (nSPS) is 20.2. The molecule has 1 atom stereocenters. The minimum atomic E-state index is -0.0255. The molecule has 120 valence electrons. The van der Waals surface area contributed by atoms with E-state index in [2.05, 4.69) is 22.5 Å². The number of nitrogens with one attached hydrogen (secondary N) is 2. The average molecular weight is 303 g/mol. The van der Waals surface area contributed by atoms with E-state index in [4.69, 9.17) is 4.74 Å². The Morgan fingerprint density at radius 1 is 1.32 bits per heavy atom. The van der Waals surface area contributed by atoms with Crippen LogP contribution in [0, 0.1) is 0 Å². The Morgan fingerprint density at radius 2 is 2.23 bits per heavy atom. The molecule has 22 heavy (non-hydrogen) atoms. The molecule has 0 spiro atoms. The zero-order valence-electron chi connectivity index (χ0n) is 13.2. The van der Waals surface area contributed by atoms with E-state index in [9.17, 15) is 4.79 Å². The molecule has 2 heterocycles. The molecule has 1 saturated heterocycles. The van der Waals surface area contributed by atoms with Crippen LogP contribution in [0.4, 0.5) is 5.69 Å². The minimum Gasteiger partial charge on any atom is -0.490 e. The lowest BCUT2D eigenvalue weighted by atomic mass is 9.99. The summed E-state index contributed by atoms with van der Waals surface area (Å²) in [7, 11) is 0. The topological polar surface area (TPSA) is 53.6 Å². The number of ketones is 1. The molecule has 0 aromatic heterocycles. The zero-order valence-corrected chi connectivity index (χ0v) is 13.2. The molecule has 1 aromatic carbocycles. The largest absolute Gasteiger partial charge is 0.490 e. The van der Waals surface area contributed by atoms with Crippen LogP contribution < -0.4 is 15.4 Å². The summed E-state index contributed by atoms with van der Waals surface area (Å²) in [6.07, 6.45) is 1.95. The summed E-state index contributed by atoms with van der Waals surface area (Å²) in [6.45, 7) is 7.50. The van der Waals surface area contributed by atoms with Crippen LogP contribution in [-0.2, 0) is 0 Å². The highest BCUT2D eigenvalue weighted by Gasteiger charge is 2.26. The highest BCUT2D eigenvalue weighted by Crippen LogP contribution is 2.29. The molecule has 2 aliphatic heterocycles. The van der Waals surface area contributed by atoms with Crippen LogP contribution in [0.5, 0.6) is 5.75 Å². The van der Waals surface area contributed by atoms with Gasteiger partial charge in [-0.2, -0.15) is 0 Å². The molecule has 2 aliphatic rings. The lowest BCUT2D eigenvalue weighted by Gasteiger charge is -2.29. The maximum atomic E-state index is 12.9. The SMILES string of the molecule is CCC(C(=O)c1ccc2c(c1)NCCO2)N1CCCNCC1. The number of carbonyl (C=O) groups is 1. The summed E-state index contributed by atoms with van der Waals surface area (Å²) in [6, 6.07) is 5.72. The van der Waals surface area contributed by atoms with Crippen LogP contribution in [-0.4, -0.2) is 56.1 Å². The second-order valence-corrected chi connectivity index (χ2v) is 5.91. The van der Waals surface area contributed by atoms with Crippen molar-refractivity contribution in [1.29, 1.82) is 0 Å². The van der Waals surface area contributed by atoms with Gasteiger partial charge in [0.15, 0.2) is 5.78 Å². The first-order valence-electron chi connectivity index (χ1n) is 8.29. The van der Waals surface area contributed by atoms with Gasteiger partial charge in [0.05, 0.1) is 11.7 Å². The average Bonchev–Trinajstić information content (AvgIpc) is 2.84. The van der Waals surface area contributed by atoms with Gasteiger partial charge in [-0.1, -0.05) is 6.92 Å². The number of benzene rings is 1. The van der Waals surface area contributed by atoms with Crippen LogP contribution in [0.3, 0.4) is 0 Å². The second kappa shape index (κ2) is 7.11. The maximum Gasteiger partial charge on any atom is 0.180 e. The van der Waals surface area contributed by atoms with Crippen LogP contribution >= 0.6 is 0 Å². The van der Waals surface area contributed by atoms with Gasteiger partial charge in [-0.15, -0.1) is 0 Å². The van der Waals surface area contributed by atoms with Crippen molar-refractivity contribution < 1.29 is 9.53 Å². The zero-order chi connectivity index (χ0) is 15.4. The van der Waals surface area contributed by atoms with Crippen molar-refractivity contribution in [2.24, 2.45) is 0 Å². The molecular formula is C17H25N3O2. The Labute approximate surface area is 132 Å². The van der Waals surface area contributed by atoms with Crippen LogP contribution in [0.15, 0.2) is 18.2 Å². The molecule has 0 bridgehead atoms. The van der Waals surface area contributed by atoms with E-state index in [-0.39, 0.29) is 11.8 Å². The van der Waals surface area contributed by atoms with Crippen molar-refractivity contribution in [3.05, 3.63) is 23.8 Å². The number of rotatable bonds is 4. The van der Waals surface area contributed by atoms with Gasteiger partial charge in [-0.05, 0) is 37.6 Å². The molecule has 0 saturated carbocycles. The highest BCUT2D eigenvalue weighted by molar-refractivity contribution is 6.01. The number of fused-ring (bicyclic) bond motifs is 1. The van der Waals surface area contributed by atoms with Gasteiger partial charge in [0, 0.05) is 31.7 Å². The maximum absolute atomic E-state index is 12.9. The minimum absolute atomic E-state index is 0.0255. The molecule has 0 radical (unpaired) electrons. The van der Waals surface area contributed by atoms with Gasteiger partial charge in [-0.3, -0.25) is 9.69 Å². The fourth-order valence-corrected chi connectivity index (χ4v) is 3.27. The van der Waals surface area contributed by atoms with Gasteiger partial charge in [0.2, 0.25) is 0 Å². The van der Waals surface area contributed by atoms with Gasteiger partial charge in [-0.25, -0.2) is 0 Å². The molecule has 5 nitrogen and oxygen atoms in total. The first-order chi connectivity index (χ1) is 10.8. The Balaban J connectivity index is 1.78. The summed E-state index contributed by atoms with van der Waals surface area (Å²) >= 11 is 0. The third kappa shape index (κ3) is 3.25. The number of nitrogens with zero attached hydrogens (tertiary/aromatic N) is 1. The van der Waals surface area contributed by atoms with Gasteiger partial charge >= 0.3 is 0 Å². The molecular weight excluding hydrogens is 278 g/mol. The smallest absolute Gasteiger partial charge is 0.180 e. The third-order valence-electron chi connectivity index (χ3n) is 4.44. The van der Waals surface area contributed by atoms with E-state index in [1.165, 1.54) is 0 Å². The van der Waals surface area contributed by atoms with Crippen molar-refractivity contribution >= 4 is 11.5 Å². The Bertz CT molecular complexity index is 525. The highest BCUT2D eigenvalue weighted by atomic mass is 16.5. The Kier molecular flexibility index (Phi) is 4.95. The van der Waals surface area contributed by atoms with E-state index in [0.29, 0.717) is 6.61 Å². The molecule has 1 aromatic rings. The number of carbonyl (C=O) groups excluding carboxylic acids is 1. The fraction of sp³-hybridized carbons (Fsp3) is 0.588. The first kappa shape index (κ1) is 15.3. The molecule has 1 fully saturated rings. The van der Waals surface area contributed by atoms with E-state index >= 15 is 0 Å². The molecule has 2 N–H and O–H groups in total. The number of ether oxygens (including phenoxy) is 1. The van der Waals surface area contributed by atoms with E-state index in [0.717, 1.165) is 62.6 Å². The predicted octanol–water partition coefficient (Wildman–Crippen LogP) is 1.75. The van der Waals surface area contributed by atoms with Gasteiger partial charge in [0.25, 0.3) is 0 Å². The predicted molar refractivity (Wildman–Crippen MR) is 87.9 cm³/mol. The summed E-state index contributed by atoms with van der Waals surface area (Å²) in [5.41, 5.74) is 1.71. The third-order valence-corrected chi connectivity index (χ3v) is 4.44. The van der Waals surface area contributed by atoms with E-state index in [1.54, 1.807) is 0 Å². The molecule has 0 amide bonds. The van der Waals surface area contributed by atoms with Crippen molar-refractivity contribution in [1.82, 2.24) is 10.2 Å². The van der Waals surface area contributed by atoms with Crippen molar-refractivity contribution in [2.75, 3.05) is 44.6 Å². The number of Topliss-reactive ketones (excluding diaryl/α,β-unsaturated/α-hetero) is 1. The van der Waals surface area contributed by atoms with Crippen LogP contribution in [0.25, 0.3) is 0 Å². The number of hydrogen-bond acceptors (Lipinski definition) is 5.